The van der Waals surface area contributed by atoms with E-state index in [4.69, 9.17) is 15.2 Å². The Morgan fingerprint density at radius 3 is 2.45 bits per heavy atom. The molecule has 0 spiro atoms. The van der Waals surface area contributed by atoms with Crippen molar-refractivity contribution < 1.29 is 14.4 Å². The van der Waals surface area contributed by atoms with Crippen LogP contribution in [0.5, 0.6) is 11.5 Å². The van der Waals surface area contributed by atoms with Crippen LogP contribution in [0, 0.1) is 10.1 Å². The van der Waals surface area contributed by atoms with E-state index in [2.05, 4.69) is 20.8 Å². The first-order valence-electron chi connectivity index (χ1n) is 10.4. The standard InChI is InChI=1S/C20H31N7O4/c1-20(2,3)26-19(23-24-25-26)18(22-14-9-7-6-8-13(14)21)12-10-16(30-4)17(31-5)11-15(12)27(28)29/h10-11,13-14,18,22H,6-9,21H2,1-5H3. The molecule has 31 heavy (non-hydrogen) atoms. The maximum atomic E-state index is 12.0. The summed E-state index contributed by atoms with van der Waals surface area (Å²) in [5.74, 6) is 1.14. The fraction of sp³-hybridized carbons (Fsp3) is 0.650. The highest BCUT2D eigenvalue weighted by atomic mass is 16.6. The largest absolute Gasteiger partial charge is 0.493 e. The summed E-state index contributed by atoms with van der Waals surface area (Å²) in [4.78, 5) is 11.6. The first-order valence-corrected chi connectivity index (χ1v) is 10.4. The highest BCUT2D eigenvalue weighted by Gasteiger charge is 2.35. The number of hydrogen-bond acceptors (Lipinski definition) is 9. The first-order chi connectivity index (χ1) is 14.7. The number of hydrogen-bond donors (Lipinski definition) is 2. The Kier molecular flexibility index (Phi) is 6.75. The Balaban J connectivity index is 2.19. The molecule has 3 unspecified atom stereocenters. The van der Waals surface area contributed by atoms with Crippen molar-refractivity contribution in [1.29, 1.82) is 0 Å². The molecule has 1 aromatic heterocycles. The fourth-order valence-electron chi connectivity index (χ4n) is 4.01. The minimum absolute atomic E-state index is 0.0310. The second-order valence-corrected chi connectivity index (χ2v) is 8.80. The van der Waals surface area contributed by atoms with E-state index >= 15 is 0 Å². The van der Waals surface area contributed by atoms with Gasteiger partial charge in [-0.1, -0.05) is 12.8 Å². The van der Waals surface area contributed by atoms with Crippen LogP contribution in [0.1, 0.15) is 63.9 Å². The quantitative estimate of drug-likeness (QED) is 0.496. The van der Waals surface area contributed by atoms with Gasteiger partial charge in [-0.3, -0.25) is 15.4 Å². The van der Waals surface area contributed by atoms with Crippen molar-refractivity contribution in [3.05, 3.63) is 33.6 Å². The second kappa shape index (κ2) is 9.15. The van der Waals surface area contributed by atoms with Crippen molar-refractivity contribution in [2.45, 2.75) is 70.1 Å². The summed E-state index contributed by atoms with van der Waals surface area (Å²) in [6.45, 7) is 5.91. The molecule has 3 rings (SSSR count). The number of methoxy groups -OCH3 is 2. The molecule has 1 aliphatic rings. The van der Waals surface area contributed by atoms with E-state index in [9.17, 15) is 10.1 Å². The lowest BCUT2D eigenvalue weighted by Gasteiger charge is -2.33. The van der Waals surface area contributed by atoms with Gasteiger partial charge < -0.3 is 15.2 Å². The fourth-order valence-corrected chi connectivity index (χ4v) is 4.01. The molecular weight excluding hydrogens is 402 g/mol. The maximum absolute atomic E-state index is 12.0. The third kappa shape index (κ3) is 4.77. The number of ether oxygens (including phenoxy) is 2. The van der Waals surface area contributed by atoms with Crippen LogP contribution in [-0.2, 0) is 5.54 Å². The van der Waals surface area contributed by atoms with Crippen molar-refractivity contribution in [2.24, 2.45) is 5.73 Å². The molecule has 1 saturated carbocycles. The molecule has 0 amide bonds. The van der Waals surface area contributed by atoms with Gasteiger partial charge in [0, 0.05) is 12.1 Å². The number of nitro groups is 1. The van der Waals surface area contributed by atoms with Gasteiger partial charge in [-0.25, -0.2) is 4.68 Å². The van der Waals surface area contributed by atoms with E-state index in [0.29, 0.717) is 17.1 Å². The van der Waals surface area contributed by atoms with Crippen LogP contribution >= 0.6 is 0 Å². The smallest absolute Gasteiger partial charge is 0.278 e. The molecule has 0 saturated heterocycles. The van der Waals surface area contributed by atoms with Crippen LogP contribution in [0.25, 0.3) is 0 Å². The van der Waals surface area contributed by atoms with Crippen molar-refractivity contribution in [3.8, 4) is 11.5 Å². The molecular formula is C20H31N7O4. The van der Waals surface area contributed by atoms with Crippen LogP contribution in [0.2, 0.25) is 0 Å². The molecule has 0 aliphatic heterocycles. The lowest BCUT2D eigenvalue weighted by molar-refractivity contribution is -0.385. The van der Waals surface area contributed by atoms with E-state index < -0.39 is 16.5 Å². The Hall–Kier alpha value is -2.79. The van der Waals surface area contributed by atoms with Crippen LogP contribution < -0.4 is 20.5 Å². The van der Waals surface area contributed by atoms with Crippen LogP contribution in [0.4, 0.5) is 5.69 Å². The molecule has 3 atom stereocenters. The van der Waals surface area contributed by atoms with E-state index in [1.807, 2.05) is 20.8 Å². The van der Waals surface area contributed by atoms with Crippen molar-refractivity contribution in [2.75, 3.05) is 14.2 Å². The van der Waals surface area contributed by atoms with Gasteiger partial charge in [-0.05, 0) is 50.1 Å². The van der Waals surface area contributed by atoms with E-state index in [-0.39, 0.29) is 23.5 Å². The molecule has 11 nitrogen and oxygen atoms in total. The predicted octanol–water partition coefficient (Wildman–Crippen LogP) is 2.30. The summed E-state index contributed by atoms with van der Waals surface area (Å²) in [6.07, 6.45) is 3.87. The van der Waals surface area contributed by atoms with Gasteiger partial charge in [0.25, 0.3) is 5.69 Å². The van der Waals surface area contributed by atoms with Gasteiger partial charge in [0.15, 0.2) is 17.3 Å². The van der Waals surface area contributed by atoms with Gasteiger partial charge in [0.2, 0.25) is 0 Å². The van der Waals surface area contributed by atoms with Crippen LogP contribution in [0.15, 0.2) is 12.1 Å². The number of nitrogens with zero attached hydrogens (tertiary/aromatic N) is 5. The van der Waals surface area contributed by atoms with E-state index in [0.717, 1.165) is 25.7 Å². The third-order valence-corrected chi connectivity index (χ3v) is 5.63. The summed E-state index contributed by atoms with van der Waals surface area (Å²) >= 11 is 0. The van der Waals surface area contributed by atoms with Gasteiger partial charge in [-0.2, -0.15) is 0 Å². The maximum Gasteiger partial charge on any atom is 0.278 e. The summed E-state index contributed by atoms with van der Waals surface area (Å²) in [5, 5.41) is 27.8. The second-order valence-electron chi connectivity index (χ2n) is 8.80. The topological polar surface area (TPSA) is 143 Å². The molecule has 1 fully saturated rings. The molecule has 1 aliphatic carbocycles. The summed E-state index contributed by atoms with van der Waals surface area (Å²) in [7, 11) is 2.93. The van der Waals surface area contributed by atoms with Crippen molar-refractivity contribution in [3.63, 3.8) is 0 Å². The summed E-state index contributed by atoms with van der Waals surface area (Å²) in [5.41, 5.74) is 6.23. The Bertz CT molecular complexity index is 925. The summed E-state index contributed by atoms with van der Waals surface area (Å²) < 4.78 is 12.4. The van der Waals surface area contributed by atoms with E-state index in [1.54, 1.807) is 10.7 Å². The molecule has 0 bridgehead atoms. The molecule has 1 aromatic carbocycles. The number of nitrogens with one attached hydrogen (secondary N) is 1. The third-order valence-electron chi connectivity index (χ3n) is 5.63. The number of aromatic nitrogens is 4. The van der Waals surface area contributed by atoms with Gasteiger partial charge in [-0.15, -0.1) is 5.10 Å². The number of tetrazole rings is 1. The molecule has 3 N–H and O–H groups in total. The zero-order chi connectivity index (χ0) is 22.8. The molecule has 170 valence electrons. The van der Waals surface area contributed by atoms with Crippen LogP contribution in [-0.4, -0.2) is 51.4 Å². The highest BCUT2D eigenvalue weighted by Crippen LogP contribution is 2.40. The Morgan fingerprint density at radius 2 is 1.87 bits per heavy atom. The normalized spacial score (nSPS) is 20.3. The zero-order valence-corrected chi connectivity index (χ0v) is 18.7. The predicted molar refractivity (Wildman–Crippen MR) is 114 cm³/mol. The monoisotopic (exact) mass is 433 g/mol. The molecule has 0 radical (unpaired) electrons. The minimum atomic E-state index is -0.663. The number of rotatable bonds is 7. The summed E-state index contributed by atoms with van der Waals surface area (Å²) in [6, 6.07) is 2.23. The molecule has 11 heteroatoms. The van der Waals surface area contributed by atoms with Crippen molar-refractivity contribution in [1.82, 2.24) is 25.5 Å². The van der Waals surface area contributed by atoms with E-state index in [1.165, 1.54) is 20.3 Å². The number of nitrogens with two attached hydrogens (primary N) is 1. The average molecular weight is 434 g/mol. The lowest BCUT2D eigenvalue weighted by atomic mass is 9.89. The minimum Gasteiger partial charge on any atom is -0.493 e. The average Bonchev–Trinajstić information content (AvgIpc) is 3.22. The molecule has 2 aromatic rings. The SMILES string of the molecule is COc1cc(C(NC2CCCCC2N)c2nnnn2C(C)(C)C)c([N+](=O)[O-])cc1OC. The lowest BCUT2D eigenvalue weighted by Crippen LogP contribution is -2.49. The first kappa shape index (κ1) is 22.9. The highest BCUT2D eigenvalue weighted by molar-refractivity contribution is 5.56. The number of nitro benzene ring substituents is 1. The van der Waals surface area contributed by atoms with Crippen molar-refractivity contribution >= 4 is 5.69 Å². The van der Waals surface area contributed by atoms with Gasteiger partial charge >= 0.3 is 0 Å². The molecule has 1 heterocycles. The van der Waals surface area contributed by atoms with Gasteiger partial charge in [0.05, 0.1) is 36.3 Å². The van der Waals surface area contributed by atoms with Gasteiger partial charge in [0.1, 0.15) is 6.04 Å². The Labute approximate surface area is 181 Å². The zero-order valence-electron chi connectivity index (χ0n) is 18.7. The Morgan fingerprint density at radius 1 is 1.23 bits per heavy atom. The number of benzene rings is 1. The van der Waals surface area contributed by atoms with Crippen LogP contribution in [0.3, 0.4) is 0 Å².